The molecule has 1 saturated carbocycles. The summed E-state index contributed by atoms with van der Waals surface area (Å²) in [6.45, 7) is -0.885. The van der Waals surface area contributed by atoms with Crippen LogP contribution < -0.4 is 0 Å². The summed E-state index contributed by atoms with van der Waals surface area (Å²) >= 11 is 0. The second-order valence-electron chi connectivity index (χ2n) is 3.12. The maximum Gasteiger partial charge on any atom is 0.229 e. The van der Waals surface area contributed by atoms with E-state index in [1.165, 1.54) is 0 Å². The van der Waals surface area contributed by atoms with Crippen LogP contribution in [0.25, 0.3) is 0 Å². The number of rotatable bonds is 1. The van der Waals surface area contributed by atoms with Crippen LogP contribution >= 0.6 is 0 Å². The van der Waals surface area contributed by atoms with Gasteiger partial charge >= 0.3 is 0 Å². The van der Waals surface area contributed by atoms with Gasteiger partial charge in [0.05, 0.1) is 6.61 Å². The number of Topliss-reactive ketones (excluding diaryl/α,β-unsaturated/α-hetero) is 2. The van der Waals surface area contributed by atoms with Crippen LogP contribution in [0.15, 0.2) is 0 Å². The highest BCUT2D eigenvalue weighted by atomic mass is 16.4. The summed E-state index contributed by atoms with van der Waals surface area (Å²) < 4.78 is 0. The number of aliphatic hydroxyl groups is 4. The molecule has 0 heterocycles. The molecule has 3 atom stereocenters. The molecule has 1 fully saturated rings. The van der Waals surface area contributed by atoms with E-state index in [1.807, 2.05) is 0 Å². The number of aliphatic hydroxyl groups excluding tert-OH is 3. The zero-order valence-electron chi connectivity index (χ0n) is 6.67. The number of hydrogen-bond acceptors (Lipinski definition) is 6. The van der Waals surface area contributed by atoms with Crippen molar-refractivity contribution in [3.05, 3.63) is 0 Å². The number of hydrogen-bond donors (Lipinski definition) is 4. The summed E-state index contributed by atoms with van der Waals surface area (Å²) in [7, 11) is 0. The first-order chi connectivity index (χ1) is 5.92. The lowest BCUT2D eigenvalue weighted by Gasteiger charge is -2.36. The van der Waals surface area contributed by atoms with Crippen molar-refractivity contribution < 1.29 is 30.0 Å². The van der Waals surface area contributed by atoms with Gasteiger partial charge in [-0.15, -0.1) is 0 Å². The summed E-state index contributed by atoms with van der Waals surface area (Å²) in [5.74, 6) is -2.13. The van der Waals surface area contributed by atoms with Crippen molar-refractivity contribution in [2.75, 3.05) is 6.61 Å². The van der Waals surface area contributed by atoms with Crippen molar-refractivity contribution >= 4 is 11.6 Å². The van der Waals surface area contributed by atoms with Gasteiger partial charge in [0.1, 0.15) is 17.8 Å². The average Bonchev–Trinajstić information content (AvgIpc) is 2.12. The first kappa shape index (κ1) is 10.3. The van der Waals surface area contributed by atoms with Crippen molar-refractivity contribution in [2.24, 2.45) is 0 Å². The van der Waals surface area contributed by atoms with E-state index in [9.17, 15) is 14.7 Å². The highest BCUT2D eigenvalue weighted by molar-refractivity contribution is 6.40. The minimum atomic E-state index is -2.11. The molecule has 0 aromatic carbocycles. The Kier molecular flexibility index (Phi) is 2.49. The highest BCUT2D eigenvalue weighted by Gasteiger charge is 2.50. The molecular weight excluding hydrogens is 180 g/mol. The predicted molar refractivity (Wildman–Crippen MR) is 38.7 cm³/mol. The van der Waals surface area contributed by atoms with Gasteiger partial charge in [0.15, 0.2) is 0 Å². The van der Waals surface area contributed by atoms with E-state index < -0.39 is 42.4 Å². The van der Waals surface area contributed by atoms with Crippen LogP contribution in [0.4, 0.5) is 0 Å². The first-order valence-corrected chi connectivity index (χ1v) is 3.69. The fourth-order valence-electron chi connectivity index (χ4n) is 1.22. The van der Waals surface area contributed by atoms with Gasteiger partial charge in [0, 0.05) is 6.42 Å². The summed E-state index contributed by atoms with van der Waals surface area (Å²) in [4.78, 5) is 21.6. The summed E-state index contributed by atoms with van der Waals surface area (Å²) in [6.07, 6.45) is -4.43. The molecule has 74 valence electrons. The fourth-order valence-corrected chi connectivity index (χ4v) is 1.22. The summed E-state index contributed by atoms with van der Waals surface area (Å²) in [6, 6.07) is 0. The SMILES string of the molecule is O=C1C[C@@](O)(CO)[C@@H](O)[C@H](O)C1=O. The Morgan fingerprint density at radius 2 is 1.92 bits per heavy atom. The Labute approximate surface area is 73.4 Å². The molecule has 0 aromatic rings. The van der Waals surface area contributed by atoms with Gasteiger partial charge in [-0.1, -0.05) is 0 Å². The molecule has 4 N–H and O–H groups in total. The molecule has 0 aliphatic heterocycles. The lowest BCUT2D eigenvalue weighted by Crippen LogP contribution is -2.61. The third-order valence-corrected chi connectivity index (χ3v) is 2.13. The largest absolute Gasteiger partial charge is 0.393 e. The minimum Gasteiger partial charge on any atom is -0.393 e. The molecule has 1 aliphatic rings. The zero-order chi connectivity index (χ0) is 10.2. The van der Waals surface area contributed by atoms with Gasteiger partial charge in [0.25, 0.3) is 0 Å². The molecule has 0 radical (unpaired) electrons. The van der Waals surface area contributed by atoms with E-state index in [0.717, 1.165) is 0 Å². The Morgan fingerprint density at radius 3 is 2.38 bits per heavy atom. The lowest BCUT2D eigenvalue weighted by atomic mass is 9.79. The van der Waals surface area contributed by atoms with Crippen molar-refractivity contribution in [2.45, 2.75) is 24.2 Å². The van der Waals surface area contributed by atoms with Crippen LogP contribution in [-0.2, 0) is 9.59 Å². The third-order valence-electron chi connectivity index (χ3n) is 2.13. The summed E-state index contributed by atoms with van der Waals surface area (Å²) in [5.41, 5.74) is -2.11. The summed E-state index contributed by atoms with van der Waals surface area (Å²) in [5, 5.41) is 36.2. The van der Waals surface area contributed by atoms with E-state index >= 15 is 0 Å². The van der Waals surface area contributed by atoms with Crippen LogP contribution in [-0.4, -0.2) is 56.4 Å². The monoisotopic (exact) mass is 190 g/mol. The zero-order valence-corrected chi connectivity index (χ0v) is 6.67. The van der Waals surface area contributed by atoms with Crippen LogP contribution in [0.1, 0.15) is 6.42 Å². The standard InChI is InChI=1S/C7H10O6/c8-2-7(13)1-3(9)4(10)5(11)6(7)12/h5-6,8,11-13H,1-2H2/t5-,6+,7-/m1/s1. The van der Waals surface area contributed by atoms with Crippen LogP contribution in [0.3, 0.4) is 0 Å². The van der Waals surface area contributed by atoms with E-state index in [4.69, 9.17) is 15.3 Å². The second kappa shape index (κ2) is 3.15. The molecule has 13 heavy (non-hydrogen) atoms. The average molecular weight is 190 g/mol. The third kappa shape index (κ3) is 1.49. The Morgan fingerprint density at radius 1 is 1.38 bits per heavy atom. The van der Waals surface area contributed by atoms with E-state index in [-0.39, 0.29) is 0 Å². The van der Waals surface area contributed by atoms with E-state index in [0.29, 0.717) is 0 Å². The van der Waals surface area contributed by atoms with E-state index in [1.54, 1.807) is 0 Å². The van der Waals surface area contributed by atoms with Crippen LogP contribution in [0.5, 0.6) is 0 Å². The fraction of sp³-hybridized carbons (Fsp3) is 0.714. The molecule has 0 aromatic heterocycles. The van der Waals surface area contributed by atoms with Gasteiger partial charge in [-0.05, 0) is 0 Å². The molecule has 6 heteroatoms. The van der Waals surface area contributed by atoms with Gasteiger partial charge in [0.2, 0.25) is 11.6 Å². The van der Waals surface area contributed by atoms with Crippen LogP contribution in [0.2, 0.25) is 0 Å². The lowest BCUT2D eigenvalue weighted by molar-refractivity contribution is -0.181. The van der Waals surface area contributed by atoms with Crippen LogP contribution in [0, 0.1) is 0 Å². The molecular formula is C7H10O6. The maximum absolute atomic E-state index is 10.8. The number of carbonyl (C=O) groups is 2. The predicted octanol–water partition coefficient (Wildman–Crippen LogP) is -3.03. The highest BCUT2D eigenvalue weighted by Crippen LogP contribution is 2.24. The molecule has 1 rings (SSSR count). The number of ketones is 2. The van der Waals surface area contributed by atoms with Gasteiger partial charge < -0.3 is 20.4 Å². The van der Waals surface area contributed by atoms with Crippen molar-refractivity contribution in [1.29, 1.82) is 0 Å². The molecule has 6 nitrogen and oxygen atoms in total. The molecule has 0 bridgehead atoms. The quantitative estimate of drug-likeness (QED) is 0.327. The molecule has 0 unspecified atom stereocenters. The maximum atomic E-state index is 10.8. The molecule has 0 spiro atoms. The second-order valence-corrected chi connectivity index (χ2v) is 3.12. The molecule has 0 saturated heterocycles. The van der Waals surface area contributed by atoms with Gasteiger partial charge in [-0.2, -0.15) is 0 Å². The number of carbonyl (C=O) groups excluding carboxylic acids is 2. The Balaban J connectivity index is 2.95. The smallest absolute Gasteiger partial charge is 0.229 e. The molecule has 0 amide bonds. The first-order valence-electron chi connectivity index (χ1n) is 3.69. The van der Waals surface area contributed by atoms with Crippen molar-refractivity contribution in [3.8, 4) is 0 Å². The van der Waals surface area contributed by atoms with Gasteiger partial charge in [-0.25, -0.2) is 0 Å². The normalized spacial score (nSPS) is 40.9. The topological polar surface area (TPSA) is 115 Å². The van der Waals surface area contributed by atoms with Crippen molar-refractivity contribution in [3.63, 3.8) is 0 Å². The van der Waals surface area contributed by atoms with Gasteiger partial charge in [-0.3, -0.25) is 9.59 Å². The minimum absolute atomic E-state index is 0.666. The molecule has 1 aliphatic carbocycles. The van der Waals surface area contributed by atoms with Crippen molar-refractivity contribution in [1.82, 2.24) is 0 Å². The van der Waals surface area contributed by atoms with E-state index in [2.05, 4.69) is 0 Å². The Hall–Kier alpha value is -0.820. The Bertz CT molecular complexity index is 249.